The molecular weight excluding hydrogens is 500 g/mol. The number of fused-ring (bicyclic) bond motifs is 2. The van der Waals surface area contributed by atoms with Crippen molar-refractivity contribution >= 4 is 17.6 Å². The van der Waals surface area contributed by atoms with Crippen LogP contribution in [0.5, 0.6) is 0 Å². The highest BCUT2D eigenvalue weighted by Crippen LogP contribution is 2.43. The molecule has 0 radical (unpaired) electrons. The normalized spacial score (nSPS) is 24.5. The zero-order valence-electron chi connectivity index (χ0n) is 26.0. The fourth-order valence-corrected chi connectivity index (χ4v) is 8.23. The quantitative estimate of drug-likeness (QED) is 0.362. The first-order valence-electron chi connectivity index (χ1n) is 16.0. The number of benzene rings is 2. The summed E-state index contributed by atoms with van der Waals surface area (Å²) in [4.78, 5) is 26.9. The maximum atomic E-state index is 13.5. The number of carbonyl (C=O) groups is 2. The predicted molar refractivity (Wildman–Crippen MR) is 169 cm³/mol. The fraction of sp³-hybridized carbons (Fsp3) is 0.487. The summed E-state index contributed by atoms with van der Waals surface area (Å²) in [7, 11) is 0. The van der Waals surface area contributed by atoms with Gasteiger partial charge in [-0.15, -0.1) is 0 Å². The molecule has 2 aromatic rings. The zero-order valence-corrected chi connectivity index (χ0v) is 26.0. The van der Waals surface area contributed by atoms with Gasteiger partial charge in [0.1, 0.15) is 0 Å². The van der Waals surface area contributed by atoms with Crippen molar-refractivity contribution in [2.24, 2.45) is 23.7 Å². The van der Waals surface area contributed by atoms with E-state index in [4.69, 9.17) is 0 Å². The van der Waals surface area contributed by atoms with Crippen molar-refractivity contribution in [3.8, 4) is 0 Å². The van der Waals surface area contributed by atoms with E-state index < -0.39 is 0 Å². The lowest BCUT2D eigenvalue weighted by Crippen LogP contribution is -2.25. The summed E-state index contributed by atoms with van der Waals surface area (Å²) in [5, 5.41) is 0. The molecule has 0 saturated heterocycles. The third-order valence-corrected chi connectivity index (χ3v) is 10.9. The summed E-state index contributed by atoms with van der Waals surface area (Å²) >= 11 is 0. The van der Waals surface area contributed by atoms with E-state index in [1.54, 1.807) is 0 Å². The molecule has 2 unspecified atom stereocenters. The minimum atomic E-state index is 0.175. The van der Waals surface area contributed by atoms with Crippen LogP contribution in [0.2, 0.25) is 0 Å². The minimum Gasteiger partial charge on any atom is -0.294 e. The second-order valence-corrected chi connectivity index (χ2v) is 13.9. The van der Waals surface area contributed by atoms with Crippen molar-refractivity contribution in [3.63, 3.8) is 0 Å². The van der Waals surface area contributed by atoms with Crippen LogP contribution in [-0.4, -0.2) is 11.6 Å². The molecule has 6 rings (SSSR count). The van der Waals surface area contributed by atoms with Gasteiger partial charge in [-0.25, -0.2) is 0 Å². The molecular formula is C39H46O2. The van der Waals surface area contributed by atoms with Gasteiger partial charge in [0, 0.05) is 23.5 Å². The van der Waals surface area contributed by atoms with E-state index in [1.165, 1.54) is 70.2 Å². The highest BCUT2D eigenvalue weighted by Gasteiger charge is 2.38. The first-order valence-corrected chi connectivity index (χ1v) is 16.0. The third kappa shape index (κ3) is 5.24. The fourth-order valence-electron chi connectivity index (χ4n) is 8.23. The van der Waals surface area contributed by atoms with Crippen LogP contribution in [0.3, 0.4) is 0 Å². The van der Waals surface area contributed by atoms with Gasteiger partial charge in [0.25, 0.3) is 0 Å². The Morgan fingerprint density at radius 1 is 0.878 bits per heavy atom. The van der Waals surface area contributed by atoms with E-state index in [9.17, 15) is 9.59 Å². The topological polar surface area (TPSA) is 34.1 Å². The van der Waals surface area contributed by atoms with Crippen LogP contribution >= 0.6 is 0 Å². The first kappa shape index (κ1) is 28.1. The number of Topliss-reactive ketones (excluding diaryl/α,β-unsaturated/α-hetero) is 2. The van der Waals surface area contributed by atoms with Crippen LogP contribution in [0.1, 0.15) is 107 Å². The van der Waals surface area contributed by atoms with Crippen LogP contribution in [0.25, 0.3) is 6.08 Å². The maximum absolute atomic E-state index is 13.5. The van der Waals surface area contributed by atoms with E-state index in [2.05, 4.69) is 71.9 Å². The molecule has 2 aromatic carbocycles. The molecule has 0 heterocycles. The van der Waals surface area contributed by atoms with Gasteiger partial charge >= 0.3 is 0 Å². The van der Waals surface area contributed by atoms with Gasteiger partial charge in [0.05, 0.1) is 0 Å². The Morgan fingerprint density at radius 2 is 1.59 bits per heavy atom. The van der Waals surface area contributed by atoms with Crippen molar-refractivity contribution in [2.75, 3.05) is 0 Å². The number of aryl methyl sites for hydroxylation is 2. The Kier molecular flexibility index (Phi) is 7.55. The molecule has 2 nitrogen and oxygen atoms in total. The monoisotopic (exact) mass is 546 g/mol. The van der Waals surface area contributed by atoms with E-state index in [-0.39, 0.29) is 11.7 Å². The molecule has 0 amide bonds. The molecule has 0 spiro atoms. The predicted octanol–water partition coefficient (Wildman–Crippen LogP) is 9.14. The SMILES string of the molecule is Cc1cc(C)c(C)c(CC(C)CC2=C(C3=Cc4cc5c(cc4C3)CC(C3CCC(C)CC3)C5=O)C(=O)CC=C2)c1C. The largest absolute Gasteiger partial charge is 0.294 e. The van der Waals surface area contributed by atoms with Crippen LogP contribution in [0.15, 0.2) is 47.1 Å². The Labute approximate surface area is 247 Å². The smallest absolute Gasteiger partial charge is 0.167 e. The van der Waals surface area contributed by atoms with E-state index in [1.807, 2.05) is 6.08 Å². The van der Waals surface area contributed by atoms with Gasteiger partial charge in [-0.3, -0.25) is 9.59 Å². The molecule has 4 aliphatic carbocycles. The molecule has 0 N–H and O–H groups in total. The van der Waals surface area contributed by atoms with Gasteiger partial charge in [-0.05, 0) is 146 Å². The number of allylic oxidation sites excluding steroid dienone is 5. The van der Waals surface area contributed by atoms with Crippen molar-refractivity contribution < 1.29 is 9.59 Å². The summed E-state index contributed by atoms with van der Waals surface area (Å²) < 4.78 is 0. The van der Waals surface area contributed by atoms with Crippen molar-refractivity contribution in [1.29, 1.82) is 0 Å². The number of carbonyl (C=O) groups excluding carboxylic acids is 2. The lowest BCUT2D eigenvalue weighted by atomic mass is 9.75. The highest BCUT2D eigenvalue weighted by atomic mass is 16.1. The lowest BCUT2D eigenvalue weighted by molar-refractivity contribution is -0.114. The van der Waals surface area contributed by atoms with E-state index in [0.29, 0.717) is 24.0 Å². The summed E-state index contributed by atoms with van der Waals surface area (Å²) in [5.41, 5.74) is 14.9. The summed E-state index contributed by atoms with van der Waals surface area (Å²) in [6.07, 6.45) is 15.5. The number of ketones is 2. The van der Waals surface area contributed by atoms with Crippen LogP contribution in [0.4, 0.5) is 0 Å². The third-order valence-electron chi connectivity index (χ3n) is 10.9. The van der Waals surface area contributed by atoms with Crippen LogP contribution in [-0.2, 0) is 24.1 Å². The number of hydrogen-bond acceptors (Lipinski definition) is 2. The second kappa shape index (κ2) is 11.0. The molecule has 2 heteroatoms. The standard InChI is InChI=1S/C39H46O2/c1-22-10-12-28(13-11-22)35-21-32-17-30-18-33(19-31(30)20-36(32)39(35)41)38-29(8-7-9-37(38)40)14-23(2)15-34-26(5)24(3)16-25(4)27(34)6/h7-8,16-17,19-20,22-23,28,35H,9-15,18,21H2,1-6H3. The van der Waals surface area contributed by atoms with E-state index in [0.717, 1.165) is 53.9 Å². The molecule has 1 saturated carbocycles. The lowest BCUT2D eigenvalue weighted by Gasteiger charge is -2.29. The summed E-state index contributed by atoms with van der Waals surface area (Å²) in [6.45, 7) is 13.6. The molecule has 2 atom stereocenters. The van der Waals surface area contributed by atoms with Gasteiger partial charge in [0.15, 0.2) is 11.6 Å². The maximum Gasteiger partial charge on any atom is 0.167 e. The van der Waals surface area contributed by atoms with Crippen molar-refractivity contribution in [3.05, 3.63) is 97.1 Å². The number of rotatable bonds is 6. The molecule has 1 fully saturated rings. The first-order chi connectivity index (χ1) is 19.6. The second-order valence-electron chi connectivity index (χ2n) is 13.9. The molecule has 214 valence electrons. The Hall–Kier alpha value is -3.00. The molecule has 0 aliphatic heterocycles. The summed E-state index contributed by atoms with van der Waals surface area (Å²) in [6, 6.07) is 6.75. The molecule has 0 bridgehead atoms. The molecule has 0 aromatic heterocycles. The van der Waals surface area contributed by atoms with Crippen molar-refractivity contribution in [2.45, 2.75) is 99.3 Å². The van der Waals surface area contributed by atoms with Gasteiger partial charge in [0.2, 0.25) is 0 Å². The zero-order chi connectivity index (χ0) is 29.0. The molecule has 41 heavy (non-hydrogen) atoms. The van der Waals surface area contributed by atoms with E-state index >= 15 is 0 Å². The Bertz CT molecular complexity index is 1490. The van der Waals surface area contributed by atoms with Crippen LogP contribution in [0, 0.1) is 51.4 Å². The van der Waals surface area contributed by atoms with Crippen LogP contribution < -0.4 is 0 Å². The Balaban J connectivity index is 1.24. The number of hydrogen-bond donors (Lipinski definition) is 0. The average molecular weight is 547 g/mol. The average Bonchev–Trinajstić information content (AvgIpc) is 3.49. The highest BCUT2D eigenvalue weighted by molar-refractivity contribution is 6.06. The van der Waals surface area contributed by atoms with Crippen molar-refractivity contribution in [1.82, 2.24) is 0 Å². The van der Waals surface area contributed by atoms with Gasteiger partial charge < -0.3 is 0 Å². The summed E-state index contributed by atoms with van der Waals surface area (Å²) in [5.74, 6) is 2.56. The molecule has 4 aliphatic rings. The van der Waals surface area contributed by atoms with Gasteiger partial charge in [-0.2, -0.15) is 0 Å². The minimum absolute atomic E-state index is 0.175. The Morgan fingerprint density at radius 3 is 2.29 bits per heavy atom. The van der Waals surface area contributed by atoms with Gasteiger partial charge in [-0.1, -0.05) is 57.0 Å².